The lowest BCUT2D eigenvalue weighted by Gasteiger charge is -2.24. The van der Waals surface area contributed by atoms with Crippen molar-refractivity contribution in [1.82, 2.24) is 5.32 Å². The summed E-state index contributed by atoms with van der Waals surface area (Å²) in [5.74, 6) is 0.532. The molecule has 0 fully saturated rings. The highest BCUT2D eigenvalue weighted by molar-refractivity contribution is 6.31. The number of amides is 1. The number of rotatable bonds is 7. The molecule has 2 N–H and O–H groups in total. The summed E-state index contributed by atoms with van der Waals surface area (Å²) in [6.07, 6.45) is 0. The van der Waals surface area contributed by atoms with Gasteiger partial charge in [0.05, 0.1) is 7.11 Å². The van der Waals surface area contributed by atoms with E-state index in [0.29, 0.717) is 16.5 Å². The standard InChI is InChI=1S/C23H23ClN2O2/c1-16(20-13-6-7-14-21(20)24)25-22(17-9-4-3-5-10-17)23(27)26-18-11-8-12-19(15-18)28-2/h3-16,22,25H,1-2H3,(H,26,27)/t16-,22-/m1/s1. The minimum absolute atomic E-state index is 0.116. The van der Waals surface area contributed by atoms with E-state index in [4.69, 9.17) is 16.3 Å². The van der Waals surface area contributed by atoms with Gasteiger partial charge < -0.3 is 10.1 Å². The van der Waals surface area contributed by atoms with E-state index >= 15 is 0 Å². The summed E-state index contributed by atoms with van der Waals surface area (Å²) in [5, 5.41) is 7.05. The molecular weight excluding hydrogens is 372 g/mol. The minimum atomic E-state index is -0.543. The molecule has 1 amide bonds. The average molecular weight is 395 g/mol. The van der Waals surface area contributed by atoms with Crippen molar-refractivity contribution < 1.29 is 9.53 Å². The van der Waals surface area contributed by atoms with Gasteiger partial charge in [-0.15, -0.1) is 0 Å². The molecule has 0 heterocycles. The Morgan fingerprint density at radius 1 is 0.964 bits per heavy atom. The van der Waals surface area contributed by atoms with Crippen LogP contribution >= 0.6 is 11.6 Å². The molecule has 0 saturated carbocycles. The van der Waals surface area contributed by atoms with Crippen molar-refractivity contribution >= 4 is 23.2 Å². The SMILES string of the molecule is COc1cccc(NC(=O)[C@H](N[C@H](C)c2ccccc2Cl)c2ccccc2)c1. The Labute approximate surface area is 170 Å². The van der Waals surface area contributed by atoms with E-state index in [-0.39, 0.29) is 11.9 Å². The molecule has 144 valence electrons. The third kappa shape index (κ3) is 4.91. The molecule has 0 spiro atoms. The molecule has 0 aliphatic carbocycles. The molecular formula is C23H23ClN2O2. The fraction of sp³-hybridized carbons (Fsp3) is 0.174. The topological polar surface area (TPSA) is 50.4 Å². The van der Waals surface area contributed by atoms with E-state index < -0.39 is 6.04 Å². The van der Waals surface area contributed by atoms with Gasteiger partial charge in [0.25, 0.3) is 0 Å². The Bertz CT molecular complexity index is 931. The van der Waals surface area contributed by atoms with Crippen LogP contribution in [0.1, 0.15) is 30.1 Å². The van der Waals surface area contributed by atoms with Crippen LogP contribution in [0.3, 0.4) is 0 Å². The van der Waals surface area contributed by atoms with Crippen molar-refractivity contribution in [3.8, 4) is 5.75 Å². The molecule has 3 aromatic rings. The average Bonchev–Trinajstić information content (AvgIpc) is 2.73. The number of anilines is 1. The second kappa shape index (κ2) is 9.40. The Morgan fingerprint density at radius 3 is 2.39 bits per heavy atom. The summed E-state index contributed by atoms with van der Waals surface area (Å²) in [5.41, 5.74) is 2.50. The molecule has 0 saturated heterocycles. The Hall–Kier alpha value is -2.82. The quantitative estimate of drug-likeness (QED) is 0.565. The lowest BCUT2D eigenvalue weighted by atomic mass is 10.0. The first-order valence-electron chi connectivity index (χ1n) is 9.09. The molecule has 0 unspecified atom stereocenters. The summed E-state index contributed by atoms with van der Waals surface area (Å²) < 4.78 is 5.24. The second-order valence-corrected chi connectivity index (χ2v) is 6.88. The number of ether oxygens (including phenoxy) is 1. The van der Waals surface area contributed by atoms with Crippen LogP contribution < -0.4 is 15.4 Å². The Kier molecular flexibility index (Phi) is 6.69. The van der Waals surface area contributed by atoms with Crippen molar-refractivity contribution in [3.63, 3.8) is 0 Å². The smallest absolute Gasteiger partial charge is 0.246 e. The van der Waals surface area contributed by atoms with Gasteiger partial charge in [0, 0.05) is 22.8 Å². The van der Waals surface area contributed by atoms with Crippen LogP contribution in [0.15, 0.2) is 78.9 Å². The maximum atomic E-state index is 13.1. The number of methoxy groups -OCH3 is 1. The molecule has 0 bridgehead atoms. The van der Waals surface area contributed by atoms with Gasteiger partial charge >= 0.3 is 0 Å². The summed E-state index contributed by atoms with van der Waals surface area (Å²) in [6, 6.07) is 23.9. The Balaban J connectivity index is 1.84. The number of halogens is 1. The van der Waals surface area contributed by atoms with Gasteiger partial charge in [-0.2, -0.15) is 0 Å². The lowest BCUT2D eigenvalue weighted by Crippen LogP contribution is -2.34. The monoisotopic (exact) mass is 394 g/mol. The zero-order valence-corrected chi connectivity index (χ0v) is 16.6. The van der Waals surface area contributed by atoms with E-state index in [2.05, 4.69) is 10.6 Å². The number of hydrogen-bond acceptors (Lipinski definition) is 3. The molecule has 2 atom stereocenters. The summed E-state index contributed by atoms with van der Waals surface area (Å²) in [7, 11) is 1.60. The first-order valence-corrected chi connectivity index (χ1v) is 9.46. The summed E-state index contributed by atoms with van der Waals surface area (Å²) in [6.45, 7) is 2.00. The summed E-state index contributed by atoms with van der Waals surface area (Å²) >= 11 is 6.34. The number of benzene rings is 3. The normalized spacial score (nSPS) is 12.8. The van der Waals surface area contributed by atoms with E-state index in [9.17, 15) is 4.79 Å². The van der Waals surface area contributed by atoms with Crippen molar-refractivity contribution in [3.05, 3.63) is 95.0 Å². The van der Waals surface area contributed by atoms with Crippen LogP contribution in [0.5, 0.6) is 5.75 Å². The van der Waals surface area contributed by atoms with Crippen LogP contribution in [0.25, 0.3) is 0 Å². The zero-order valence-electron chi connectivity index (χ0n) is 15.9. The predicted octanol–water partition coefficient (Wildman–Crippen LogP) is 5.38. The lowest BCUT2D eigenvalue weighted by molar-refractivity contribution is -0.118. The van der Waals surface area contributed by atoms with Crippen molar-refractivity contribution in [2.75, 3.05) is 12.4 Å². The molecule has 0 radical (unpaired) electrons. The number of carbonyl (C=O) groups excluding carboxylic acids is 1. The third-order valence-corrected chi connectivity index (χ3v) is 4.86. The molecule has 0 aliphatic rings. The molecule has 3 aromatic carbocycles. The Morgan fingerprint density at radius 2 is 1.68 bits per heavy atom. The van der Waals surface area contributed by atoms with Gasteiger partial charge in [0.15, 0.2) is 0 Å². The molecule has 4 nitrogen and oxygen atoms in total. The van der Waals surface area contributed by atoms with E-state index in [0.717, 1.165) is 11.1 Å². The van der Waals surface area contributed by atoms with Crippen molar-refractivity contribution in [2.24, 2.45) is 0 Å². The van der Waals surface area contributed by atoms with Gasteiger partial charge in [-0.25, -0.2) is 0 Å². The fourth-order valence-electron chi connectivity index (χ4n) is 3.05. The summed E-state index contributed by atoms with van der Waals surface area (Å²) in [4.78, 5) is 13.1. The molecule has 28 heavy (non-hydrogen) atoms. The minimum Gasteiger partial charge on any atom is -0.497 e. The number of nitrogens with one attached hydrogen (secondary N) is 2. The molecule has 5 heteroatoms. The third-order valence-electron chi connectivity index (χ3n) is 4.52. The number of carbonyl (C=O) groups is 1. The second-order valence-electron chi connectivity index (χ2n) is 6.47. The maximum absolute atomic E-state index is 13.1. The highest BCUT2D eigenvalue weighted by Gasteiger charge is 2.24. The first-order chi connectivity index (χ1) is 13.6. The molecule has 3 rings (SSSR count). The predicted molar refractivity (Wildman–Crippen MR) is 114 cm³/mol. The van der Waals surface area contributed by atoms with Crippen LogP contribution in [0.2, 0.25) is 5.02 Å². The number of hydrogen-bond donors (Lipinski definition) is 2. The van der Waals surface area contributed by atoms with E-state index in [1.807, 2.05) is 79.7 Å². The van der Waals surface area contributed by atoms with Gasteiger partial charge in [-0.3, -0.25) is 10.1 Å². The van der Waals surface area contributed by atoms with Gasteiger partial charge in [0.2, 0.25) is 5.91 Å². The highest BCUT2D eigenvalue weighted by atomic mass is 35.5. The molecule has 0 aliphatic heterocycles. The van der Waals surface area contributed by atoms with E-state index in [1.165, 1.54) is 0 Å². The molecule has 0 aromatic heterocycles. The largest absolute Gasteiger partial charge is 0.497 e. The maximum Gasteiger partial charge on any atom is 0.246 e. The van der Waals surface area contributed by atoms with Gasteiger partial charge in [0.1, 0.15) is 11.8 Å². The van der Waals surface area contributed by atoms with Gasteiger partial charge in [-0.1, -0.05) is 66.2 Å². The van der Waals surface area contributed by atoms with Gasteiger partial charge in [-0.05, 0) is 36.2 Å². The van der Waals surface area contributed by atoms with E-state index in [1.54, 1.807) is 13.2 Å². The van der Waals surface area contributed by atoms with Crippen molar-refractivity contribution in [2.45, 2.75) is 19.0 Å². The van der Waals surface area contributed by atoms with Crippen LogP contribution in [0, 0.1) is 0 Å². The van der Waals surface area contributed by atoms with Crippen LogP contribution in [-0.4, -0.2) is 13.0 Å². The highest BCUT2D eigenvalue weighted by Crippen LogP contribution is 2.26. The fourth-order valence-corrected chi connectivity index (χ4v) is 3.35. The van der Waals surface area contributed by atoms with Crippen LogP contribution in [-0.2, 0) is 4.79 Å². The first kappa shape index (κ1) is 19.9. The zero-order chi connectivity index (χ0) is 19.9. The van der Waals surface area contributed by atoms with Crippen LogP contribution in [0.4, 0.5) is 5.69 Å². The van der Waals surface area contributed by atoms with Crippen molar-refractivity contribution in [1.29, 1.82) is 0 Å².